The minimum Gasteiger partial charge on any atom is -0.378 e. The van der Waals surface area contributed by atoms with Gasteiger partial charge >= 0.3 is 0 Å². The molecule has 1 aliphatic heterocycles. The van der Waals surface area contributed by atoms with Crippen LogP contribution in [-0.2, 0) is 16.6 Å². The Morgan fingerprint density at radius 1 is 1.30 bits per heavy atom. The van der Waals surface area contributed by atoms with Gasteiger partial charge in [0.2, 0.25) is 5.91 Å². The molecule has 1 aromatic carbocycles. The zero-order valence-corrected chi connectivity index (χ0v) is 13.6. The van der Waals surface area contributed by atoms with Crippen LogP contribution in [0.15, 0.2) is 29.4 Å². The van der Waals surface area contributed by atoms with Crippen molar-refractivity contribution in [2.45, 2.75) is 5.16 Å². The highest BCUT2D eigenvalue weighted by molar-refractivity contribution is 7.99. The van der Waals surface area contributed by atoms with E-state index in [-0.39, 0.29) is 17.5 Å². The van der Waals surface area contributed by atoms with Crippen molar-refractivity contribution in [2.75, 3.05) is 32.1 Å². The van der Waals surface area contributed by atoms with Gasteiger partial charge in [-0.1, -0.05) is 23.9 Å². The van der Waals surface area contributed by atoms with Crippen LogP contribution in [-0.4, -0.2) is 57.6 Å². The maximum Gasteiger partial charge on any atom is 0.233 e. The first kappa shape index (κ1) is 15.9. The summed E-state index contributed by atoms with van der Waals surface area (Å²) in [5.41, 5.74) is 0.397. The van der Waals surface area contributed by atoms with Crippen molar-refractivity contribution in [2.24, 2.45) is 7.05 Å². The number of carbonyl (C=O) groups excluding carboxylic acids is 1. The number of nitrogens with zero attached hydrogens (tertiary/aromatic N) is 4. The van der Waals surface area contributed by atoms with E-state index in [1.807, 2.05) is 0 Å². The van der Waals surface area contributed by atoms with Crippen LogP contribution in [0.4, 0.5) is 4.39 Å². The monoisotopic (exact) mass is 336 g/mol. The highest BCUT2D eigenvalue weighted by Gasteiger charge is 2.19. The summed E-state index contributed by atoms with van der Waals surface area (Å²) in [7, 11) is 1.77. The first-order chi connectivity index (χ1) is 11.2. The molecule has 0 unspecified atom stereocenters. The third kappa shape index (κ3) is 3.53. The highest BCUT2D eigenvalue weighted by atomic mass is 32.2. The molecule has 2 aromatic rings. The average Bonchev–Trinajstić information content (AvgIpc) is 2.94. The van der Waals surface area contributed by atoms with E-state index in [0.29, 0.717) is 42.8 Å². The minimum atomic E-state index is -0.344. The molecular formula is C15H17FN4O2S. The maximum atomic E-state index is 13.9. The second-order valence-corrected chi connectivity index (χ2v) is 6.07. The van der Waals surface area contributed by atoms with Gasteiger partial charge in [-0.15, -0.1) is 10.2 Å². The molecule has 122 valence electrons. The molecule has 0 N–H and O–H groups in total. The Bertz CT molecular complexity index is 701. The fourth-order valence-corrected chi connectivity index (χ4v) is 3.16. The molecule has 0 saturated carbocycles. The van der Waals surface area contributed by atoms with Crippen LogP contribution in [0.5, 0.6) is 0 Å². The zero-order chi connectivity index (χ0) is 16.2. The predicted octanol–water partition coefficient (Wildman–Crippen LogP) is 1.57. The standard InChI is InChI=1S/C15H17FN4O2S/c1-19-14(11-4-2-3-5-12(11)16)17-18-15(19)23-10-13(21)20-6-8-22-9-7-20/h2-5H,6-10H2,1H3. The van der Waals surface area contributed by atoms with Crippen molar-refractivity contribution in [3.05, 3.63) is 30.1 Å². The second-order valence-electron chi connectivity index (χ2n) is 5.13. The molecule has 1 aromatic heterocycles. The molecule has 0 atom stereocenters. The number of thioether (sulfide) groups is 1. The van der Waals surface area contributed by atoms with Crippen LogP contribution in [0.1, 0.15) is 0 Å². The number of rotatable bonds is 4. The molecular weight excluding hydrogens is 319 g/mol. The third-order valence-corrected chi connectivity index (χ3v) is 4.64. The molecule has 0 aliphatic carbocycles. The Balaban J connectivity index is 1.68. The zero-order valence-electron chi connectivity index (χ0n) is 12.7. The first-order valence-corrected chi connectivity index (χ1v) is 8.28. The molecule has 1 saturated heterocycles. The number of morpholine rings is 1. The number of carbonyl (C=O) groups is 1. The Morgan fingerprint density at radius 3 is 2.78 bits per heavy atom. The van der Waals surface area contributed by atoms with Gasteiger partial charge in [-0.05, 0) is 12.1 Å². The smallest absolute Gasteiger partial charge is 0.233 e. The van der Waals surface area contributed by atoms with Gasteiger partial charge in [0.05, 0.1) is 24.5 Å². The average molecular weight is 336 g/mol. The lowest BCUT2D eigenvalue weighted by molar-refractivity contribution is -0.132. The molecule has 2 heterocycles. The van der Waals surface area contributed by atoms with Crippen LogP contribution in [0.3, 0.4) is 0 Å². The van der Waals surface area contributed by atoms with E-state index >= 15 is 0 Å². The Kier molecular flexibility index (Phi) is 4.92. The number of amides is 1. The first-order valence-electron chi connectivity index (χ1n) is 7.29. The number of aromatic nitrogens is 3. The van der Waals surface area contributed by atoms with Crippen LogP contribution in [0, 0.1) is 5.82 Å². The van der Waals surface area contributed by atoms with E-state index in [4.69, 9.17) is 4.74 Å². The molecule has 8 heteroatoms. The Morgan fingerprint density at radius 2 is 2.04 bits per heavy atom. The van der Waals surface area contributed by atoms with Gasteiger partial charge in [0.15, 0.2) is 11.0 Å². The van der Waals surface area contributed by atoms with E-state index < -0.39 is 0 Å². The van der Waals surface area contributed by atoms with Crippen molar-refractivity contribution in [1.29, 1.82) is 0 Å². The molecule has 1 aliphatic rings. The van der Waals surface area contributed by atoms with Gasteiger partial charge in [0, 0.05) is 20.1 Å². The van der Waals surface area contributed by atoms with E-state index in [1.54, 1.807) is 34.7 Å². The second kappa shape index (κ2) is 7.10. The predicted molar refractivity (Wildman–Crippen MR) is 84.5 cm³/mol. The topological polar surface area (TPSA) is 60.2 Å². The van der Waals surface area contributed by atoms with Crippen LogP contribution in [0.2, 0.25) is 0 Å². The summed E-state index contributed by atoms with van der Waals surface area (Å²) in [4.78, 5) is 13.9. The summed E-state index contributed by atoms with van der Waals surface area (Å²) in [5, 5.41) is 8.70. The number of benzene rings is 1. The van der Waals surface area contributed by atoms with Gasteiger partial charge < -0.3 is 14.2 Å². The maximum absolute atomic E-state index is 13.9. The summed E-state index contributed by atoms with van der Waals surface area (Å²) < 4.78 is 20.8. The summed E-state index contributed by atoms with van der Waals surface area (Å²) >= 11 is 1.31. The molecule has 1 fully saturated rings. The molecule has 3 rings (SSSR count). The van der Waals surface area contributed by atoms with Gasteiger partial charge in [0.25, 0.3) is 0 Å². The normalized spacial score (nSPS) is 15.0. The minimum absolute atomic E-state index is 0.0498. The molecule has 1 amide bonds. The molecule has 0 spiro atoms. The van der Waals surface area contributed by atoms with Gasteiger partial charge in [-0.3, -0.25) is 4.79 Å². The van der Waals surface area contributed by atoms with Crippen LogP contribution < -0.4 is 0 Å². The Hall–Kier alpha value is -1.93. The van der Waals surface area contributed by atoms with E-state index in [1.165, 1.54) is 17.8 Å². The molecule has 0 radical (unpaired) electrons. The van der Waals surface area contributed by atoms with Crippen molar-refractivity contribution >= 4 is 17.7 Å². The van der Waals surface area contributed by atoms with Crippen molar-refractivity contribution in [1.82, 2.24) is 19.7 Å². The molecule has 23 heavy (non-hydrogen) atoms. The van der Waals surface area contributed by atoms with Crippen LogP contribution in [0.25, 0.3) is 11.4 Å². The lowest BCUT2D eigenvalue weighted by atomic mass is 10.2. The molecule has 6 nitrogen and oxygen atoms in total. The lowest BCUT2D eigenvalue weighted by Gasteiger charge is -2.26. The third-order valence-electron chi connectivity index (χ3n) is 3.64. The van der Waals surface area contributed by atoms with Crippen molar-refractivity contribution < 1.29 is 13.9 Å². The highest BCUT2D eigenvalue weighted by Crippen LogP contribution is 2.24. The number of ether oxygens (including phenoxy) is 1. The van der Waals surface area contributed by atoms with Gasteiger partial charge in [0.1, 0.15) is 5.82 Å². The quantitative estimate of drug-likeness (QED) is 0.793. The Labute approximate surface area is 137 Å². The SMILES string of the molecule is Cn1c(SCC(=O)N2CCOCC2)nnc1-c1ccccc1F. The van der Waals surface area contributed by atoms with Crippen LogP contribution >= 0.6 is 11.8 Å². The largest absolute Gasteiger partial charge is 0.378 e. The summed E-state index contributed by atoms with van der Waals surface area (Å²) in [5.74, 6) is 0.436. The van der Waals surface area contributed by atoms with E-state index in [9.17, 15) is 9.18 Å². The number of halogens is 1. The molecule has 0 bridgehead atoms. The van der Waals surface area contributed by atoms with Crippen molar-refractivity contribution in [3.8, 4) is 11.4 Å². The van der Waals surface area contributed by atoms with Gasteiger partial charge in [-0.25, -0.2) is 4.39 Å². The van der Waals surface area contributed by atoms with E-state index in [0.717, 1.165) is 0 Å². The summed E-state index contributed by atoms with van der Waals surface area (Å²) in [6.45, 7) is 2.41. The fourth-order valence-electron chi connectivity index (χ4n) is 2.35. The van der Waals surface area contributed by atoms with E-state index in [2.05, 4.69) is 10.2 Å². The summed E-state index contributed by atoms with van der Waals surface area (Å²) in [6, 6.07) is 6.43. The lowest BCUT2D eigenvalue weighted by Crippen LogP contribution is -2.41. The van der Waals surface area contributed by atoms with Gasteiger partial charge in [-0.2, -0.15) is 0 Å². The fraction of sp³-hybridized carbons (Fsp3) is 0.400. The number of hydrogen-bond donors (Lipinski definition) is 0. The number of hydrogen-bond acceptors (Lipinski definition) is 5. The summed E-state index contributed by atoms with van der Waals surface area (Å²) in [6.07, 6.45) is 0. The van der Waals surface area contributed by atoms with Crippen molar-refractivity contribution in [3.63, 3.8) is 0 Å².